The Morgan fingerprint density at radius 1 is 1.39 bits per heavy atom. The molecule has 4 heteroatoms. The van der Waals surface area contributed by atoms with Crippen LogP contribution in [-0.4, -0.2) is 36.8 Å². The zero-order valence-electron chi connectivity index (χ0n) is 10.4. The molecule has 1 N–H and O–H groups in total. The quantitative estimate of drug-likeness (QED) is 0.856. The van der Waals surface area contributed by atoms with Crippen molar-refractivity contribution in [3.05, 3.63) is 35.9 Å². The molecule has 1 saturated heterocycles. The molecule has 0 spiro atoms. The molecule has 1 aliphatic heterocycles. The molecule has 0 amide bonds. The minimum Gasteiger partial charge on any atom is -0.387 e. The summed E-state index contributed by atoms with van der Waals surface area (Å²) >= 11 is 0. The number of hydrogen-bond acceptors (Lipinski definition) is 4. The number of aliphatic hydroxyl groups is 1. The fourth-order valence-electron chi connectivity index (χ4n) is 2.67. The zero-order valence-corrected chi connectivity index (χ0v) is 10.4. The van der Waals surface area contributed by atoms with Gasteiger partial charge in [0.05, 0.1) is 13.2 Å². The molecular formula is C14H18O4. The highest BCUT2D eigenvalue weighted by Gasteiger charge is 2.67. The lowest BCUT2D eigenvalue weighted by molar-refractivity contribution is -0.183. The Kier molecular flexibility index (Phi) is 3.11. The molecule has 18 heavy (non-hydrogen) atoms. The summed E-state index contributed by atoms with van der Waals surface area (Å²) < 4.78 is 16.5. The standard InChI is InChI=1S/C14H18O4/c1-16-13-12(15)11-7-14(11,18-13)9-17-8-10-5-3-2-4-6-10/h2-6,11-13,15H,7-9H2,1H3/t11-,12-,13-,14+/m0/s1. The molecule has 0 radical (unpaired) electrons. The van der Waals surface area contributed by atoms with Crippen LogP contribution in [0.3, 0.4) is 0 Å². The van der Waals surface area contributed by atoms with Crippen molar-refractivity contribution in [2.75, 3.05) is 13.7 Å². The average molecular weight is 250 g/mol. The molecule has 1 saturated carbocycles. The zero-order chi connectivity index (χ0) is 12.6. The van der Waals surface area contributed by atoms with Crippen molar-refractivity contribution in [2.45, 2.75) is 31.0 Å². The van der Waals surface area contributed by atoms with E-state index in [-0.39, 0.29) is 11.5 Å². The third kappa shape index (κ3) is 2.06. The third-order valence-electron chi connectivity index (χ3n) is 3.81. The molecule has 1 heterocycles. The number of rotatable bonds is 5. The van der Waals surface area contributed by atoms with E-state index in [0.29, 0.717) is 13.2 Å². The Morgan fingerprint density at radius 3 is 2.83 bits per heavy atom. The van der Waals surface area contributed by atoms with E-state index >= 15 is 0 Å². The number of methoxy groups -OCH3 is 1. The van der Waals surface area contributed by atoms with E-state index in [4.69, 9.17) is 14.2 Å². The Bertz CT molecular complexity index is 408. The van der Waals surface area contributed by atoms with Gasteiger partial charge in [-0.1, -0.05) is 30.3 Å². The van der Waals surface area contributed by atoms with Crippen molar-refractivity contribution in [3.8, 4) is 0 Å². The van der Waals surface area contributed by atoms with Crippen LogP contribution in [0.1, 0.15) is 12.0 Å². The molecule has 1 aromatic rings. The molecule has 0 aromatic heterocycles. The highest BCUT2D eigenvalue weighted by atomic mass is 16.7. The largest absolute Gasteiger partial charge is 0.387 e. The van der Waals surface area contributed by atoms with Gasteiger partial charge in [0.25, 0.3) is 0 Å². The minimum atomic E-state index is -0.518. The number of benzene rings is 1. The maximum atomic E-state index is 9.88. The van der Waals surface area contributed by atoms with E-state index in [1.165, 1.54) is 0 Å². The number of ether oxygens (including phenoxy) is 3. The van der Waals surface area contributed by atoms with Gasteiger partial charge in [0.15, 0.2) is 6.29 Å². The first kappa shape index (κ1) is 12.1. The molecule has 2 fully saturated rings. The predicted molar refractivity (Wildman–Crippen MR) is 64.8 cm³/mol. The molecule has 2 aliphatic rings. The molecule has 1 aromatic carbocycles. The summed E-state index contributed by atoms with van der Waals surface area (Å²) in [5.41, 5.74) is 0.836. The van der Waals surface area contributed by atoms with Gasteiger partial charge in [0.1, 0.15) is 11.7 Å². The van der Waals surface area contributed by atoms with Gasteiger partial charge < -0.3 is 19.3 Å². The van der Waals surface area contributed by atoms with Crippen molar-refractivity contribution in [1.29, 1.82) is 0 Å². The van der Waals surface area contributed by atoms with E-state index < -0.39 is 12.4 Å². The smallest absolute Gasteiger partial charge is 0.184 e. The van der Waals surface area contributed by atoms with Crippen LogP contribution in [0.5, 0.6) is 0 Å². The summed E-state index contributed by atoms with van der Waals surface area (Å²) in [7, 11) is 1.55. The monoisotopic (exact) mass is 250 g/mol. The van der Waals surface area contributed by atoms with Gasteiger partial charge in [-0.25, -0.2) is 0 Å². The summed E-state index contributed by atoms with van der Waals surface area (Å²) in [6.07, 6.45) is -0.151. The lowest BCUT2D eigenvalue weighted by atomic mass is 10.2. The fraction of sp³-hybridized carbons (Fsp3) is 0.571. The van der Waals surface area contributed by atoms with Crippen LogP contribution < -0.4 is 0 Å². The molecule has 0 unspecified atom stereocenters. The summed E-state index contributed by atoms with van der Waals surface area (Å²) in [6, 6.07) is 10.0. The van der Waals surface area contributed by atoms with E-state index in [1.54, 1.807) is 7.11 Å². The van der Waals surface area contributed by atoms with Gasteiger partial charge >= 0.3 is 0 Å². The third-order valence-corrected chi connectivity index (χ3v) is 3.81. The number of hydrogen-bond donors (Lipinski definition) is 1. The lowest BCUT2D eigenvalue weighted by Crippen LogP contribution is -2.28. The van der Waals surface area contributed by atoms with Crippen LogP contribution in [0, 0.1) is 5.92 Å². The van der Waals surface area contributed by atoms with Crippen LogP contribution >= 0.6 is 0 Å². The maximum absolute atomic E-state index is 9.88. The van der Waals surface area contributed by atoms with E-state index in [9.17, 15) is 5.11 Å². The van der Waals surface area contributed by atoms with Gasteiger partial charge in [0, 0.05) is 13.0 Å². The average Bonchev–Trinajstić information content (AvgIpc) is 3.05. The molecule has 1 aliphatic carbocycles. The molecule has 0 bridgehead atoms. The van der Waals surface area contributed by atoms with Crippen molar-refractivity contribution in [2.24, 2.45) is 5.92 Å². The molecule has 4 nitrogen and oxygen atoms in total. The van der Waals surface area contributed by atoms with Crippen LogP contribution in [-0.2, 0) is 20.8 Å². The second kappa shape index (κ2) is 4.63. The molecular weight excluding hydrogens is 232 g/mol. The number of aliphatic hydroxyl groups excluding tert-OH is 1. The number of fused-ring (bicyclic) bond motifs is 1. The van der Waals surface area contributed by atoms with Gasteiger partial charge in [-0.3, -0.25) is 0 Å². The van der Waals surface area contributed by atoms with E-state index in [1.807, 2.05) is 30.3 Å². The minimum absolute atomic E-state index is 0.165. The van der Waals surface area contributed by atoms with Crippen molar-refractivity contribution >= 4 is 0 Å². The predicted octanol–water partition coefficient (Wildman–Crippen LogP) is 1.33. The van der Waals surface area contributed by atoms with Crippen LogP contribution in [0.2, 0.25) is 0 Å². The summed E-state index contributed by atoms with van der Waals surface area (Å²) in [6.45, 7) is 1.09. The Labute approximate surface area is 106 Å². The highest BCUT2D eigenvalue weighted by molar-refractivity contribution is 5.15. The first-order valence-electron chi connectivity index (χ1n) is 6.25. The van der Waals surface area contributed by atoms with Gasteiger partial charge in [0.2, 0.25) is 0 Å². The van der Waals surface area contributed by atoms with Crippen LogP contribution in [0.15, 0.2) is 30.3 Å². The van der Waals surface area contributed by atoms with Gasteiger partial charge in [-0.15, -0.1) is 0 Å². The second-order valence-corrected chi connectivity index (χ2v) is 5.07. The van der Waals surface area contributed by atoms with Crippen LogP contribution in [0.25, 0.3) is 0 Å². The second-order valence-electron chi connectivity index (χ2n) is 5.07. The first-order valence-corrected chi connectivity index (χ1v) is 6.25. The van der Waals surface area contributed by atoms with Gasteiger partial charge in [-0.2, -0.15) is 0 Å². The topological polar surface area (TPSA) is 47.9 Å². The molecule has 98 valence electrons. The van der Waals surface area contributed by atoms with E-state index in [2.05, 4.69) is 0 Å². The summed E-state index contributed by atoms with van der Waals surface area (Å²) in [4.78, 5) is 0. The normalized spacial score (nSPS) is 37.6. The SMILES string of the molecule is CO[C@H]1O[C@@]2(COCc3ccccc3)C[C@H]2[C@@H]1O. The first-order chi connectivity index (χ1) is 8.75. The van der Waals surface area contributed by atoms with Gasteiger partial charge in [-0.05, 0) is 12.0 Å². The van der Waals surface area contributed by atoms with Crippen molar-refractivity contribution in [1.82, 2.24) is 0 Å². The van der Waals surface area contributed by atoms with Crippen molar-refractivity contribution in [3.63, 3.8) is 0 Å². The summed E-state index contributed by atoms with van der Waals surface area (Å²) in [5.74, 6) is 0.165. The Hall–Kier alpha value is -0.940. The van der Waals surface area contributed by atoms with E-state index in [0.717, 1.165) is 12.0 Å². The maximum Gasteiger partial charge on any atom is 0.184 e. The lowest BCUT2D eigenvalue weighted by Gasteiger charge is -2.18. The van der Waals surface area contributed by atoms with Crippen molar-refractivity contribution < 1.29 is 19.3 Å². The Morgan fingerprint density at radius 2 is 2.17 bits per heavy atom. The fourth-order valence-corrected chi connectivity index (χ4v) is 2.67. The summed E-state index contributed by atoms with van der Waals surface area (Å²) in [5, 5.41) is 9.88. The van der Waals surface area contributed by atoms with Crippen LogP contribution in [0.4, 0.5) is 0 Å². The highest BCUT2D eigenvalue weighted by Crippen LogP contribution is 2.56. The Balaban J connectivity index is 1.51. The molecule has 3 rings (SSSR count). The molecule has 4 atom stereocenters.